The highest BCUT2D eigenvalue weighted by Crippen LogP contribution is 2.46. The van der Waals surface area contributed by atoms with E-state index in [-0.39, 0.29) is 29.7 Å². The molecule has 0 spiro atoms. The summed E-state index contributed by atoms with van der Waals surface area (Å²) in [6, 6.07) is 14.2. The van der Waals surface area contributed by atoms with Crippen LogP contribution in [0.1, 0.15) is 85.8 Å². The van der Waals surface area contributed by atoms with Gasteiger partial charge in [-0.15, -0.1) is 11.8 Å². The number of hydrogen-bond acceptors (Lipinski definition) is 5. The molecule has 6 nitrogen and oxygen atoms in total. The minimum absolute atomic E-state index is 0.121. The molecule has 2 aromatic carbocycles. The topological polar surface area (TPSA) is 78.5 Å². The number of nitrogens with one attached hydrogen (secondary N) is 2. The second-order valence-electron chi connectivity index (χ2n) is 13.0. The molecule has 1 saturated heterocycles. The Bertz CT molecular complexity index is 1270. The van der Waals surface area contributed by atoms with Crippen molar-refractivity contribution in [1.82, 2.24) is 15.5 Å². The summed E-state index contributed by atoms with van der Waals surface area (Å²) in [6.45, 7) is 6.31. The van der Waals surface area contributed by atoms with E-state index in [4.69, 9.17) is 0 Å². The van der Waals surface area contributed by atoms with E-state index in [1.54, 1.807) is 16.7 Å². The van der Waals surface area contributed by atoms with Crippen molar-refractivity contribution in [3.63, 3.8) is 0 Å². The molecule has 0 radical (unpaired) electrons. The van der Waals surface area contributed by atoms with Crippen molar-refractivity contribution < 1.29 is 14.4 Å². The zero-order valence-corrected chi connectivity index (χ0v) is 24.5. The molecule has 40 heavy (non-hydrogen) atoms. The Hall–Kier alpha value is -2.64. The van der Waals surface area contributed by atoms with E-state index >= 15 is 0 Å². The van der Waals surface area contributed by atoms with E-state index < -0.39 is 6.04 Å². The van der Waals surface area contributed by atoms with E-state index in [2.05, 4.69) is 54.8 Å². The summed E-state index contributed by atoms with van der Waals surface area (Å²) < 4.78 is 0. The van der Waals surface area contributed by atoms with Gasteiger partial charge in [0.25, 0.3) is 5.91 Å². The summed E-state index contributed by atoms with van der Waals surface area (Å²) >= 11 is 1.73. The van der Waals surface area contributed by atoms with Crippen molar-refractivity contribution in [1.29, 1.82) is 0 Å². The van der Waals surface area contributed by atoms with Gasteiger partial charge in [0, 0.05) is 34.7 Å². The molecule has 7 heteroatoms. The lowest BCUT2D eigenvalue weighted by Crippen LogP contribution is -2.52. The average Bonchev–Trinajstić information content (AvgIpc) is 3.24. The quantitative estimate of drug-likeness (QED) is 0.331. The first-order valence-corrected chi connectivity index (χ1v) is 16.0. The third kappa shape index (κ3) is 5.87. The van der Waals surface area contributed by atoms with Gasteiger partial charge < -0.3 is 10.2 Å². The maximum atomic E-state index is 13.1. The maximum absolute atomic E-state index is 13.1. The maximum Gasteiger partial charge on any atom is 0.255 e. The molecule has 3 fully saturated rings. The number of thioether (sulfide) groups is 1. The molecule has 0 aromatic heterocycles. The van der Waals surface area contributed by atoms with Gasteiger partial charge in [0.05, 0.1) is 0 Å². The summed E-state index contributed by atoms with van der Waals surface area (Å²) in [6.07, 6.45) is 8.60. The molecule has 2 bridgehead atoms. The van der Waals surface area contributed by atoms with Crippen LogP contribution in [0.2, 0.25) is 0 Å². The Labute approximate surface area is 242 Å². The van der Waals surface area contributed by atoms with Crippen LogP contribution in [0, 0.1) is 17.8 Å². The van der Waals surface area contributed by atoms with Crippen LogP contribution in [0.25, 0.3) is 0 Å². The fraction of sp³-hybridized carbons (Fsp3) is 0.545. The number of rotatable bonds is 8. The molecule has 2 aliphatic carbocycles. The number of amides is 3. The summed E-state index contributed by atoms with van der Waals surface area (Å²) in [7, 11) is 0. The number of hydrogen-bond donors (Lipinski definition) is 2. The molecule has 3 atom stereocenters. The number of piperidine rings is 1. The molecule has 3 amide bonds. The van der Waals surface area contributed by atoms with E-state index in [9.17, 15) is 14.4 Å². The smallest absolute Gasteiger partial charge is 0.255 e. The fourth-order valence-corrected chi connectivity index (χ4v) is 8.94. The van der Waals surface area contributed by atoms with Crippen molar-refractivity contribution in [2.24, 2.45) is 17.8 Å². The number of fused-ring (bicyclic) bond motifs is 3. The van der Waals surface area contributed by atoms with E-state index in [0.717, 1.165) is 46.9 Å². The van der Waals surface area contributed by atoms with Crippen LogP contribution in [0.4, 0.5) is 0 Å². The molecule has 3 unspecified atom stereocenters. The van der Waals surface area contributed by atoms with Gasteiger partial charge in [-0.2, -0.15) is 0 Å². The molecule has 2 saturated carbocycles. The molecular formula is C33H41N3O3S. The van der Waals surface area contributed by atoms with Crippen LogP contribution in [-0.4, -0.2) is 40.7 Å². The molecule has 2 aromatic rings. The normalized spacial score (nSPS) is 29.9. The Balaban J connectivity index is 1.01. The van der Waals surface area contributed by atoms with E-state index in [0.29, 0.717) is 18.5 Å². The largest absolute Gasteiger partial charge is 0.322 e. The highest BCUT2D eigenvalue weighted by atomic mass is 32.2. The van der Waals surface area contributed by atoms with Crippen LogP contribution >= 0.6 is 11.8 Å². The Kier molecular flexibility index (Phi) is 7.79. The van der Waals surface area contributed by atoms with Gasteiger partial charge in [-0.1, -0.05) is 37.3 Å². The monoisotopic (exact) mass is 559 g/mol. The second kappa shape index (κ2) is 11.3. The first-order valence-electron chi connectivity index (χ1n) is 15.0. The predicted octanol–water partition coefficient (Wildman–Crippen LogP) is 5.48. The first kappa shape index (κ1) is 27.5. The average molecular weight is 560 g/mol. The molecular weight excluding hydrogens is 518 g/mol. The lowest BCUT2D eigenvalue weighted by molar-refractivity contribution is -0.136. The zero-order chi connectivity index (χ0) is 27.9. The summed E-state index contributed by atoms with van der Waals surface area (Å²) in [4.78, 5) is 39.8. The van der Waals surface area contributed by atoms with Gasteiger partial charge in [0.15, 0.2) is 0 Å². The van der Waals surface area contributed by atoms with Crippen LogP contribution < -0.4 is 10.6 Å². The third-order valence-corrected chi connectivity index (χ3v) is 10.7. The van der Waals surface area contributed by atoms with Crippen LogP contribution in [0.5, 0.6) is 0 Å². The molecule has 6 rings (SSSR count). The lowest BCUT2D eigenvalue weighted by atomic mass is 9.62. The highest BCUT2D eigenvalue weighted by Gasteiger charge is 2.41. The van der Waals surface area contributed by atoms with Crippen LogP contribution in [0.15, 0.2) is 47.4 Å². The molecule has 2 aliphatic heterocycles. The molecule has 4 aliphatic rings. The minimum Gasteiger partial charge on any atom is -0.322 e. The van der Waals surface area contributed by atoms with Gasteiger partial charge in [0.1, 0.15) is 6.04 Å². The number of benzene rings is 2. The number of nitrogens with zero attached hydrogens (tertiary/aromatic N) is 1. The van der Waals surface area contributed by atoms with Gasteiger partial charge >= 0.3 is 0 Å². The first-order chi connectivity index (χ1) is 19.3. The Morgan fingerprint density at radius 3 is 2.45 bits per heavy atom. The lowest BCUT2D eigenvalue weighted by Gasteiger charge is -2.47. The van der Waals surface area contributed by atoms with Gasteiger partial charge in [-0.25, -0.2) is 0 Å². The molecule has 2 N–H and O–H groups in total. The van der Waals surface area contributed by atoms with Gasteiger partial charge in [0.2, 0.25) is 11.8 Å². The predicted molar refractivity (Wildman–Crippen MR) is 158 cm³/mol. The number of carbonyl (C=O) groups is 3. The van der Waals surface area contributed by atoms with Crippen molar-refractivity contribution in [2.45, 2.75) is 94.0 Å². The molecule has 2 heterocycles. The summed E-state index contributed by atoms with van der Waals surface area (Å²) in [5.74, 6) is 2.78. The number of imide groups is 1. The van der Waals surface area contributed by atoms with Gasteiger partial charge in [-0.3, -0.25) is 19.7 Å². The Morgan fingerprint density at radius 2 is 1.73 bits per heavy atom. The van der Waals surface area contributed by atoms with Crippen LogP contribution in [0.3, 0.4) is 0 Å². The second-order valence-corrected chi connectivity index (χ2v) is 14.0. The van der Waals surface area contributed by atoms with Crippen molar-refractivity contribution in [3.8, 4) is 0 Å². The summed E-state index contributed by atoms with van der Waals surface area (Å²) in [5, 5.41) is 6.31. The van der Waals surface area contributed by atoms with Gasteiger partial charge in [-0.05, 0) is 105 Å². The number of carbonyl (C=O) groups excluding carboxylic acids is 3. The van der Waals surface area contributed by atoms with Crippen molar-refractivity contribution >= 4 is 29.5 Å². The zero-order valence-electron chi connectivity index (χ0n) is 23.7. The standard InChI is InChI=1S/C33H41N3O3S/c1-21-14-24-16-25(15-21)18-33(2,17-24)34-13-12-22-6-8-23(9-7-22)20-40-29-5-3-4-26-27(29)19-36(32(26)39)28-10-11-30(37)35-31(28)38/h3-9,21,24-25,28,34H,10-20H2,1-2H3,(H,35,37,38). The third-order valence-electron chi connectivity index (χ3n) is 9.54. The van der Waals surface area contributed by atoms with Crippen LogP contribution in [-0.2, 0) is 28.3 Å². The van der Waals surface area contributed by atoms with Crippen molar-refractivity contribution in [3.05, 3.63) is 64.7 Å². The van der Waals surface area contributed by atoms with Crippen molar-refractivity contribution in [2.75, 3.05) is 6.54 Å². The Morgan fingerprint density at radius 1 is 1.00 bits per heavy atom. The fourth-order valence-electron chi connectivity index (χ4n) is 7.90. The van der Waals surface area contributed by atoms with E-state index in [1.807, 2.05) is 12.1 Å². The molecule has 212 valence electrons. The SMILES string of the molecule is CC1CC2CC(C1)CC(C)(NCCc1ccc(CSc3cccc4c3CN(C3CCC(=O)NC3=O)C4=O)cc1)C2. The van der Waals surface area contributed by atoms with E-state index in [1.165, 1.54) is 43.2 Å². The summed E-state index contributed by atoms with van der Waals surface area (Å²) in [5.41, 5.74) is 4.56. The highest BCUT2D eigenvalue weighted by molar-refractivity contribution is 7.98. The minimum atomic E-state index is -0.582.